The molecule has 106 valence electrons. The molecule has 1 N–H and O–H groups in total. The predicted octanol–water partition coefficient (Wildman–Crippen LogP) is 0.845. The molecule has 8 heteroatoms. The lowest BCUT2D eigenvalue weighted by molar-refractivity contribution is -0.141. The van der Waals surface area contributed by atoms with Crippen molar-refractivity contribution in [3.8, 4) is 0 Å². The molecule has 0 saturated heterocycles. The number of benzene rings is 1. The van der Waals surface area contributed by atoms with Crippen LogP contribution in [0.15, 0.2) is 42.7 Å². The van der Waals surface area contributed by atoms with E-state index in [1.54, 1.807) is 6.20 Å². The third-order valence-corrected chi connectivity index (χ3v) is 2.97. The standard InChI is InChI=1S/C13H12N6O2/c1-21-13(20)12(9-5-3-2-4-6-9)15-10-7-14-8-11-16-17-18-19(10)11/h2-8,12,15H,1H3. The van der Waals surface area contributed by atoms with E-state index < -0.39 is 12.0 Å². The van der Waals surface area contributed by atoms with Gasteiger partial charge in [-0.2, -0.15) is 4.52 Å². The molecule has 3 aromatic rings. The number of aromatic nitrogens is 5. The van der Waals surface area contributed by atoms with Crippen molar-refractivity contribution in [2.45, 2.75) is 6.04 Å². The van der Waals surface area contributed by atoms with Crippen molar-refractivity contribution >= 4 is 17.4 Å². The number of methoxy groups -OCH3 is 1. The molecule has 8 nitrogen and oxygen atoms in total. The molecule has 0 aliphatic heterocycles. The summed E-state index contributed by atoms with van der Waals surface area (Å²) in [5.41, 5.74) is 1.26. The highest BCUT2D eigenvalue weighted by molar-refractivity contribution is 5.80. The van der Waals surface area contributed by atoms with E-state index in [0.29, 0.717) is 11.5 Å². The van der Waals surface area contributed by atoms with Gasteiger partial charge in [-0.25, -0.2) is 4.79 Å². The monoisotopic (exact) mass is 284 g/mol. The van der Waals surface area contributed by atoms with E-state index in [1.165, 1.54) is 17.8 Å². The van der Waals surface area contributed by atoms with Crippen molar-refractivity contribution in [3.63, 3.8) is 0 Å². The molecule has 0 bridgehead atoms. The molecule has 0 radical (unpaired) electrons. The fraction of sp³-hybridized carbons (Fsp3) is 0.154. The minimum atomic E-state index is -0.673. The second kappa shape index (κ2) is 5.53. The van der Waals surface area contributed by atoms with E-state index in [0.717, 1.165) is 5.56 Å². The Morgan fingerprint density at radius 1 is 1.29 bits per heavy atom. The molecule has 0 spiro atoms. The Morgan fingerprint density at radius 2 is 2.10 bits per heavy atom. The maximum atomic E-state index is 12.0. The van der Waals surface area contributed by atoms with E-state index in [2.05, 4.69) is 25.8 Å². The number of hydrogen-bond donors (Lipinski definition) is 1. The lowest BCUT2D eigenvalue weighted by Crippen LogP contribution is -2.23. The van der Waals surface area contributed by atoms with Crippen molar-refractivity contribution in [2.75, 3.05) is 12.4 Å². The number of carbonyl (C=O) groups is 1. The first-order valence-corrected chi connectivity index (χ1v) is 6.21. The lowest BCUT2D eigenvalue weighted by atomic mass is 10.1. The highest BCUT2D eigenvalue weighted by Crippen LogP contribution is 2.20. The summed E-state index contributed by atoms with van der Waals surface area (Å²) in [6.45, 7) is 0. The van der Waals surface area contributed by atoms with E-state index >= 15 is 0 Å². The smallest absolute Gasteiger partial charge is 0.333 e. The molecule has 0 aliphatic rings. The zero-order chi connectivity index (χ0) is 14.7. The number of fused-ring (bicyclic) bond motifs is 1. The van der Waals surface area contributed by atoms with Gasteiger partial charge in [-0.05, 0) is 16.0 Å². The van der Waals surface area contributed by atoms with E-state index in [4.69, 9.17) is 4.74 Å². The first-order valence-electron chi connectivity index (χ1n) is 6.21. The van der Waals surface area contributed by atoms with Crippen molar-refractivity contribution in [1.29, 1.82) is 0 Å². The summed E-state index contributed by atoms with van der Waals surface area (Å²) in [5, 5.41) is 14.3. The number of ether oxygens (including phenoxy) is 1. The molecule has 21 heavy (non-hydrogen) atoms. The molecular weight excluding hydrogens is 272 g/mol. The fourth-order valence-electron chi connectivity index (χ4n) is 1.96. The number of hydrogen-bond acceptors (Lipinski definition) is 7. The quantitative estimate of drug-likeness (QED) is 0.709. The average molecular weight is 284 g/mol. The molecule has 0 aliphatic carbocycles. The second-order valence-corrected chi connectivity index (χ2v) is 4.25. The van der Waals surface area contributed by atoms with E-state index in [-0.39, 0.29) is 0 Å². The molecular formula is C13H12N6O2. The zero-order valence-electron chi connectivity index (χ0n) is 11.2. The van der Waals surface area contributed by atoms with Crippen LogP contribution in [0.25, 0.3) is 5.65 Å². The third-order valence-electron chi connectivity index (χ3n) is 2.97. The average Bonchev–Trinajstić information content (AvgIpc) is 3.02. The van der Waals surface area contributed by atoms with Gasteiger partial charge in [0.05, 0.1) is 19.5 Å². The van der Waals surface area contributed by atoms with E-state index in [1.807, 2.05) is 30.3 Å². The van der Waals surface area contributed by atoms with Crippen LogP contribution in [0.1, 0.15) is 11.6 Å². The van der Waals surface area contributed by atoms with Crippen LogP contribution in [0.5, 0.6) is 0 Å². The number of esters is 1. The summed E-state index contributed by atoms with van der Waals surface area (Å²) < 4.78 is 6.31. The number of anilines is 1. The molecule has 1 aromatic carbocycles. The Kier molecular flexibility index (Phi) is 3.42. The van der Waals surface area contributed by atoms with Gasteiger partial charge in [0.15, 0.2) is 17.5 Å². The fourth-order valence-corrected chi connectivity index (χ4v) is 1.96. The van der Waals surface area contributed by atoms with Gasteiger partial charge in [0, 0.05) is 0 Å². The van der Waals surface area contributed by atoms with Gasteiger partial charge < -0.3 is 10.1 Å². The minimum Gasteiger partial charge on any atom is -0.467 e. The van der Waals surface area contributed by atoms with Crippen molar-refractivity contribution in [3.05, 3.63) is 48.3 Å². The summed E-state index contributed by atoms with van der Waals surface area (Å²) in [7, 11) is 1.34. The zero-order valence-corrected chi connectivity index (χ0v) is 11.2. The van der Waals surface area contributed by atoms with Crippen molar-refractivity contribution < 1.29 is 9.53 Å². The van der Waals surface area contributed by atoms with Crippen LogP contribution < -0.4 is 5.32 Å². The van der Waals surface area contributed by atoms with Crippen molar-refractivity contribution in [1.82, 2.24) is 25.0 Å². The number of nitrogens with one attached hydrogen (secondary N) is 1. The minimum absolute atomic E-state index is 0.411. The van der Waals surface area contributed by atoms with E-state index in [9.17, 15) is 4.79 Å². The molecule has 1 unspecified atom stereocenters. The Hall–Kier alpha value is -3.03. The summed E-state index contributed by atoms with van der Waals surface area (Å²) in [6, 6.07) is 8.57. The largest absolute Gasteiger partial charge is 0.467 e. The molecule has 0 amide bonds. The van der Waals surface area contributed by atoms with Gasteiger partial charge in [0.2, 0.25) is 0 Å². The number of carbonyl (C=O) groups excluding carboxylic acids is 1. The summed E-state index contributed by atoms with van der Waals surface area (Å²) in [6.07, 6.45) is 3.07. The topological polar surface area (TPSA) is 94.3 Å². The maximum absolute atomic E-state index is 12.0. The maximum Gasteiger partial charge on any atom is 0.333 e. The number of rotatable bonds is 4. The molecule has 2 heterocycles. The van der Waals surface area contributed by atoms with Crippen LogP contribution in [0.2, 0.25) is 0 Å². The Balaban J connectivity index is 1.99. The SMILES string of the molecule is COC(=O)C(Nc1cncc2nnnn12)c1ccccc1. The highest BCUT2D eigenvalue weighted by Gasteiger charge is 2.22. The molecule has 1 atom stereocenters. The molecule has 0 fully saturated rings. The van der Waals surface area contributed by atoms with Gasteiger partial charge in [0.25, 0.3) is 0 Å². The molecule has 3 rings (SSSR count). The Morgan fingerprint density at radius 3 is 2.86 bits per heavy atom. The molecule has 0 saturated carbocycles. The number of tetrazole rings is 1. The van der Waals surface area contributed by atoms with Crippen LogP contribution in [-0.4, -0.2) is 38.1 Å². The number of nitrogens with zero attached hydrogens (tertiary/aromatic N) is 5. The first-order chi connectivity index (χ1) is 10.3. The van der Waals surface area contributed by atoms with Gasteiger partial charge in [-0.1, -0.05) is 30.3 Å². The van der Waals surface area contributed by atoms with Crippen LogP contribution in [0, 0.1) is 0 Å². The lowest BCUT2D eigenvalue weighted by Gasteiger charge is -2.17. The van der Waals surface area contributed by atoms with Gasteiger partial charge >= 0.3 is 5.97 Å². The highest BCUT2D eigenvalue weighted by atomic mass is 16.5. The third kappa shape index (κ3) is 2.50. The summed E-state index contributed by atoms with van der Waals surface area (Å²) in [5.74, 6) is 0.0861. The predicted molar refractivity (Wildman–Crippen MR) is 73.4 cm³/mol. The Labute approximate surface area is 119 Å². The van der Waals surface area contributed by atoms with Crippen LogP contribution >= 0.6 is 0 Å². The van der Waals surface area contributed by atoms with Gasteiger partial charge in [0.1, 0.15) is 0 Å². The first kappa shape index (κ1) is 13.0. The van der Waals surface area contributed by atoms with Gasteiger partial charge in [-0.15, -0.1) is 5.10 Å². The van der Waals surface area contributed by atoms with Crippen molar-refractivity contribution in [2.24, 2.45) is 0 Å². The van der Waals surface area contributed by atoms with Crippen LogP contribution in [-0.2, 0) is 9.53 Å². The van der Waals surface area contributed by atoms with Crippen LogP contribution in [0.3, 0.4) is 0 Å². The normalized spacial score (nSPS) is 12.0. The Bertz CT molecular complexity index is 757. The van der Waals surface area contributed by atoms with Crippen LogP contribution in [0.4, 0.5) is 5.82 Å². The summed E-state index contributed by atoms with van der Waals surface area (Å²) >= 11 is 0. The molecule has 2 aromatic heterocycles. The van der Waals surface area contributed by atoms with Gasteiger partial charge in [-0.3, -0.25) is 4.98 Å². The summed E-state index contributed by atoms with van der Waals surface area (Å²) in [4.78, 5) is 16.1. The second-order valence-electron chi connectivity index (χ2n) is 4.25.